The number of carbonyl (C=O) groups excluding carboxylic acids is 2. The second-order valence-corrected chi connectivity index (χ2v) is 5.22. The zero-order chi connectivity index (χ0) is 15.6. The van der Waals surface area contributed by atoms with Crippen LogP contribution >= 0.6 is 12.2 Å². The molecule has 1 atom stereocenters. The van der Waals surface area contributed by atoms with Gasteiger partial charge in [0.25, 0.3) is 0 Å². The Hall–Kier alpha value is -2.28. The zero-order valence-corrected chi connectivity index (χ0v) is 11.9. The summed E-state index contributed by atoms with van der Waals surface area (Å²) in [6.45, 7) is 0. The Labute approximate surface area is 126 Å². The molecule has 0 saturated heterocycles. The third kappa shape index (κ3) is 3.43. The van der Waals surface area contributed by atoms with E-state index in [0.29, 0.717) is 12.0 Å². The van der Waals surface area contributed by atoms with Gasteiger partial charge in [0, 0.05) is 24.3 Å². The highest BCUT2D eigenvalue weighted by Gasteiger charge is 2.28. The van der Waals surface area contributed by atoms with E-state index >= 15 is 0 Å². The summed E-state index contributed by atoms with van der Waals surface area (Å²) in [5.41, 5.74) is 6.28. The van der Waals surface area contributed by atoms with Gasteiger partial charge in [-0.05, 0) is 24.6 Å². The van der Waals surface area contributed by atoms with Crippen LogP contribution in [0.3, 0.4) is 0 Å². The first kappa shape index (κ1) is 15.1. The van der Waals surface area contributed by atoms with Crippen LogP contribution in [0.25, 0.3) is 0 Å². The highest BCUT2D eigenvalue weighted by molar-refractivity contribution is 7.80. The molecule has 21 heavy (non-hydrogen) atoms. The fourth-order valence-corrected chi connectivity index (χ4v) is 2.30. The molecule has 4 N–H and O–H groups in total. The molecule has 1 saturated carbocycles. The Morgan fingerprint density at radius 2 is 1.95 bits per heavy atom. The van der Waals surface area contributed by atoms with Crippen LogP contribution in [0, 0.1) is 5.92 Å². The monoisotopic (exact) mass is 306 g/mol. The first-order chi connectivity index (χ1) is 9.88. The number of carbonyl (C=O) groups is 2. The molecule has 2 rings (SSSR count). The third-order valence-corrected chi connectivity index (χ3v) is 3.66. The summed E-state index contributed by atoms with van der Waals surface area (Å²) >= 11 is 5.11. The minimum atomic E-state index is -0.433. The van der Waals surface area contributed by atoms with E-state index in [4.69, 9.17) is 18.0 Å². The molecule has 1 aromatic rings. The Morgan fingerprint density at radius 3 is 2.57 bits per heavy atom. The van der Waals surface area contributed by atoms with Crippen molar-refractivity contribution in [3.05, 3.63) is 23.8 Å². The van der Waals surface area contributed by atoms with E-state index in [2.05, 4.69) is 4.99 Å². The predicted molar refractivity (Wildman–Crippen MR) is 80.4 cm³/mol. The summed E-state index contributed by atoms with van der Waals surface area (Å²) in [5.74, 6) is -1.45. The van der Waals surface area contributed by atoms with Crippen LogP contribution in [0.5, 0.6) is 11.5 Å². The van der Waals surface area contributed by atoms with E-state index in [1.807, 2.05) is 0 Å². The Balaban J connectivity index is 2.14. The van der Waals surface area contributed by atoms with Gasteiger partial charge in [-0.1, -0.05) is 12.2 Å². The van der Waals surface area contributed by atoms with Crippen molar-refractivity contribution in [2.45, 2.75) is 19.3 Å². The average molecular weight is 306 g/mol. The summed E-state index contributed by atoms with van der Waals surface area (Å²) in [4.78, 5) is 26.8. The molecular weight excluding hydrogens is 292 g/mol. The summed E-state index contributed by atoms with van der Waals surface area (Å²) in [5, 5.41) is 18.7. The van der Waals surface area contributed by atoms with Crippen LogP contribution in [0.2, 0.25) is 0 Å². The third-order valence-electron chi connectivity index (χ3n) is 3.33. The first-order valence-corrected chi connectivity index (χ1v) is 6.75. The lowest BCUT2D eigenvalue weighted by atomic mass is 9.87. The summed E-state index contributed by atoms with van der Waals surface area (Å²) in [6.07, 6.45) is 0.702. The van der Waals surface area contributed by atoms with Crippen LogP contribution < -0.4 is 5.73 Å². The number of hydrogen-bond acceptors (Lipinski definition) is 5. The van der Waals surface area contributed by atoms with Crippen molar-refractivity contribution >= 4 is 34.6 Å². The number of benzene rings is 1. The van der Waals surface area contributed by atoms with Crippen molar-refractivity contribution in [3.8, 4) is 11.5 Å². The standard InChI is InChI=1S/C14H14N2O4S/c15-13(7-1-3-9(17)11(19)5-7)16-14(21)8-2-4-10(18)12(20)6-8/h2,4,6-7,18,20H,1,3,5H2,(H2,15,16,21). The van der Waals surface area contributed by atoms with Gasteiger partial charge in [0.2, 0.25) is 0 Å². The summed E-state index contributed by atoms with van der Waals surface area (Å²) in [6, 6.07) is 4.08. The highest BCUT2D eigenvalue weighted by Crippen LogP contribution is 2.26. The predicted octanol–water partition coefficient (Wildman–Crippen LogP) is 1.07. The van der Waals surface area contributed by atoms with Gasteiger partial charge in [0.1, 0.15) is 10.8 Å². The van der Waals surface area contributed by atoms with Crippen LogP contribution in [0.4, 0.5) is 0 Å². The van der Waals surface area contributed by atoms with Gasteiger partial charge >= 0.3 is 0 Å². The average Bonchev–Trinajstić information content (AvgIpc) is 2.44. The lowest BCUT2D eigenvalue weighted by Gasteiger charge is -2.19. The van der Waals surface area contributed by atoms with E-state index < -0.39 is 5.78 Å². The number of aliphatic imine (C=N–C) groups is 1. The van der Waals surface area contributed by atoms with E-state index in [1.54, 1.807) is 0 Å². The van der Waals surface area contributed by atoms with E-state index in [9.17, 15) is 19.8 Å². The van der Waals surface area contributed by atoms with Crippen LogP contribution in [-0.2, 0) is 9.59 Å². The second-order valence-electron chi connectivity index (χ2n) is 4.83. The largest absolute Gasteiger partial charge is 0.504 e. The molecular formula is C14H14N2O4S. The molecule has 0 spiro atoms. The maximum Gasteiger partial charge on any atom is 0.199 e. The van der Waals surface area contributed by atoms with Crippen molar-refractivity contribution in [3.63, 3.8) is 0 Å². The Bertz CT molecular complexity index is 654. The van der Waals surface area contributed by atoms with Crippen LogP contribution in [0.15, 0.2) is 23.2 Å². The molecule has 1 aromatic carbocycles. The molecule has 1 aliphatic rings. The summed E-state index contributed by atoms with van der Waals surface area (Å²) in [7, 11) is 0. The number of ketones is 2. The number of phenolic OH excluding ortho intramolecular Hbond substituents is 2. The number of amidine groups is 1. The fourth-order valence-electron chi connectivity index (χ4n) is 2.07. The number of nitrogens with zero attached hydrogens (tertiary/aromatic N) is 1. The molecule has 110 valence electrons. The van der Waals surface area contributed by atoms with Crippen molar-refractivity contribution in [1.82, 2.24) is 0 Å². The number of rotatable bonds is 2. The van der Waals surface area contributed by atoms with Crippen molar-refractivity contribution in [1.29, 1.82) is 0 Å². The fraction of sp³-hybridized carbons (Fsp3) is 0.286. The lowest BCUT2D eigenvalue weighted by Crippen LogP contribution is -2.33. The quantitative estimate of drug-likeness (QED) is 0.248. The molecule has 6 nitrogen and oxygen atoms in total. The van der Waals surface area contributed by atoms with Crippen molar-refractivity contribution in [2.24, 2.45) is 16.6 Å². The number of Topliss-reactive ketones (excluding diaryl/α,β-unsaturated/α-hetero) is 2. The van der Waals surface area contributed by atoms with Crippen molar-refractivity contribution < 1.29 is 19.8 Å². The second kappa shape index (κ2) is 6.01. The smallest absolute Gasteiger partial charge is 0.199 e. The van der Waals surface area contributed by atoms with Gasteiger partial charge in [-0.2, -0.15) is 0 Å². The number of thiocarbonyl (C=S) groups is 1. The maximum atomic E-state index is 11.4. The Kier molecular flexibility index (Phi) is 4.32. The number of aromatic hydroxyl groups is 2. The molecule has 0 amide bonds. The van der Waals surface area contributed by atoms with Gasteiger partial charge in [0.15, 0.2) is 23.1 Å². The molecule has 0 aromatic heterocycles. The molecule has 0 bridgehead atoms. The van der Waals surface area contributed by atoms with Gasteiger partial charge in [0.05, 0.1) is 0 Å². The normalized spacial score (nSPS) is 19.6. The van der Waals surface area contributed by atoms with Gasteiger partial charge in [-0.25, -0.2) is 4.99 Å². The minimum absolute atomic E-state index is 0.0532. The number of nitrogens with two attached hydrogens (primary N) is 1. The topological polar surface area (TPSA) is 113 Å². The van der Waals surface area contributed by atoms with Crippen LogP contribution in [0.1, 0.15) is 24.8 Å². The van der Waals surface area contributed by atoms with E-state index in [0.717, 1.165) is 0 Å². The molecule has 0 radical (unpaired) electrons. The summed E-state index contributed by atoms with van der Waals surface area (Å²) < 4.78 is 0. The molecule has 0 aliphatic heterocycles. The van der Waals surface area contributed by atoms with Gasteiger partial charge in [-0.15, -0.1) is 0 Å². The molecule has 7 heteroatoms. The molecule has 1 unspecified atom stereocenters. The highest BCUT2D eigenvalue weighted by atomic mass is 32.1. The van der Waals surface area contributed by atoms with Gasteiger partial charge in [-0.3, -0.25) is 9.59 Å². The maximum absolute atomic E-state index is 11.4. The molecule has 0 heterocycles. The molecule has 1 fully saturated rings. The SMILES string of the molecule is NC(=NC(=S)c1ccc(O)c(O)c1)C1CCC(=O)C(=O)C1. The minimum Gasteiger partial charge on any atom is -0.504 e. The van der Waals surface area contributed by atoms with Crippen LogP contribution in [-0.4, -0.2) is 32.6 Å². The number of phenols is 2. The van der Waals surface area contributed by atoms with Crippen molar-refractivity contribution in [2.75, 3.05) is 0 Å². The lowest BCUT2D eigenvalue weighted by molar-refractivity contribution is -0.138. The van der Waals surface area contributed by atoms with E-state index in [-0.39, 0.29) is 46.9 Å². The Morgan fingerprint density at radius 1 is 1.24 bits per heavy atom. The first-order valence-electron chi connectivity index (χ1n) is 6.35. The molecule has 1 aliphatic carbocycles. The van der Waals surface area contributed by atoms with Gasteiger partial charge < -0.3 is 15.9 Å². The van der Waals surface area contributed by atoms with E-state index in [1.165, 1.54) is 18.2 Å². The number of hydrogen-bond donors (Lipinski definition) is 3. The zero-order valence-electron chi connectivity index (χ0n) is 11.1.